The van der Waals surface area contributed by atoms with Crippen LogP contribution in [0.4, 0.5) is 0 Å². The van der Waals surface area contributed by atoms with Crippen LogP contribution >= 0.6 is 0 Å². The van der Waals surface area contributed by atoms with Gasteiger partial charge in [0.15, 0.2) is 5.78 Å². The van der Waals surface area contributed by atoms with Gasteiger partial charge in [-0.1, -0.05) is 37.3 Å². The number of ether oxygens (including phenoxy) is 3. The van der Waals surface area contributed by atoms with Crippen molar-refractivity contribution in [2.45, 2.75) is 13.0 Å². The number of carbonyl (C=O) groups excluding carboxylic acids is 1. The number of ketones is 1. The highest BCUT2D eigenvalue weighted by Gasteiger charge is 2.25. The van der Waals surface area contributed by atoms with Gasteiger partial charge < -0.3 is 14.2 Å². The lowest BCUT2D eigenvalue weighted by Crippen LogP contribution is -2.33. The van der Waals surface area contributed by atoms with Crippen molar-refractivity contribution >= 4 is 5.78 Å². The number of carbonyl (C=O) groups is 1. The maximum atomic E-state index is 12.2. The topological polar surface area (TPSA) is 44.8 Å². The molecule has 4 nitrogen and oxygen atoms in total. The third kappa shape index (κ3) is 4.22. The Hall–Kier alpha value is -1.23. The summed E-state index contributed by atoms with van der Waals surface area (Å²) in [6.45, 7) is 2.57. The first-order valence-corrected chi connectivity index (χ1v) is 5.89. The van der Waals surface area contributed by atoms with E-state index in [1.165, 1.54) is 0 Å². The van der Waals surface area contributed by atoms with E-state index >= 15 is 0 Å². The lowest BCUT2D eigenvalue weighted by atomic mass is 9.97. The van der Waals surface area contributed by atoms with Crippen molar-refractivity contribution in [2.75, 3.05) is 27.6 Å². The fraction of sp³-hybridized carbons (Fsp3) is 0.500. The summed E-state index contributed by atoms with van der Waals surface area (Å²) in [5.74, 6) is -0.0514. The summed E-state index contributed by atoms with van der Waals surface area (Å²) in [4.78, 5) is 12.2. The normalized spacial score (nSPS) is 14.2. The molecule has 1 rings (SSSR count). The van der Waals surface area contributed by atoms with Gasteiger partial charge in [0, 0.05) is 25.7 Å². The number of Topliss-reactive ketones (excluding diaryl/α,β-unsaturated/α-hetero) is 1. The predicted molar refractivity (Wildman–Crippen MR) is 68.6 cm³/mol. The Labute approximate surface area is 108 Å². The Morgan fingerprint density at radius 3 is 2.44 bits per heavy atom. The average molecular weight is 252 g/mol. The number of hydrogen-bond donors (Lipinski definition) is 0. The molecule has 0 aromatic heterocycles. The molecule has 0 heterocycles. The number of rotatable bonds is 8. The first-order chi connectivity index (χ1) is 8.70. The van der Waals surface area contributed by atoms with E-state index in [0.29, 0.717) is 12.2 Å². The molecule has 0 bridgehead atoms. The molecule has 0 aliphatic rings. The Balaban J connectivity index is 2.62. The minimum atomic E-state index is -0.496. The fourth-order valence-electron chi connectivity index (χ4n) is 1.77. The van der Waals surface area contributed by atoms with Crippen LogP contribution < -0.4 is 0 Å². The summed E-state index contributed by atoms with van der Waals surface area (Å²) in [5, 5.41) is 0. The van der Waals surface area contributed by atoms with Gasteiger partial charge in [0.1, 0.15) is 12.9 Å². The second kappa shape index (κ2) is 7.97. The largest absolute Gasteiger partial charge is 0.373 e. The standard InChI is InChI=1S/C14H20O4/c1-11(9-18-10-16-2)14(17-3)13(15)12-7-5-4-6-8-12/h4-8,11,14H,9-10H2,1-3H3. The molecule has 4 heteroatoms. The van der Waals surface area contributed by atoms with E-state index in [0.717, 1.165) is 0 Å². The van der Waals surface area contributed by atoms with E-state index in [9.17, 15) is 4.79 Å². The minimum absolute atomic E-state index is 0.0217. The summed E-state index contributed by atoms with van der Waals surface area (Å²) < 4.78 is 15.4. The van der Waals surface area contributed by atoms with Crippen LogP contribution in [0.1, 0.15) is 17.3 Å². The molecule has 0 N–H and O–H groups in total. The molecule has 0 amide bonds. The molecule has 0 saturated carbocycles. The molecule has 0 saturated heterocycles. The van der Waals surface area contributed by atoms with Crippen LogP contribution in [0.5, 0.6) is 0 Å². The zero-order valence-electron chi connectivity index (χ0n) is 11.1. The van der Waals surface area contributed by atoms with E-state index < -0.39 is 6.10 Å². The van der Waals surface area contributed by atoms with E-state index in [1.807, 2.05) is 25.1 Å². The second-order valence-electron chi connectivity index (χ2n) is 4.14. The Morgan fingerprint density at radius 2 is 1.89 bits per heavy atom. The van der Waals surface area contributed by atoms with Crippen molar-refractivity contribution in [3.63, 3.8) is 0 Å². The van der Waals surface area contributed by atoms with Gasteiger partial charge in [-0.15, -0.1) is 0 Å². The average Bonchev–Trinajstić information content (AvgIpc) is 2.41. The third-order valence-electron chi connectivity index (χ3n) is 2.67. The molecule has 0 spiro atoms. The first kappa shape index (κ1) is 14.8. The Bertz CT molecular complexity index is 350. The van der Waals surface area contributed by atoms with Crippen LogP contribution in [-0.2, 0) is 14.2 Å². The van der Waals surface area contributed by atoms with E-state index in [2.05, 4.69) is 0 Å². The molecule has 2 unspecified atom stereocenters. The van der Waals surface area contributed by atoms with Crippen molar-refractivity contribution in [3.8, 4) is 0 Å². The van der Waals surface area contributed by atoms with Gasteiger partial charge in [0.05, 0.1) is 6.61 Å². The zero-order chi connectivity index (χ0) is 13.4. The van der Waals surface area contributed by atoms with Gasteiger partial charge in [-0.3, -0.25) is 4.79 Å². The number of methoxy groups -OCH3 is 2. The van der Waals surface area contributed by atoms with Gasteiger partial charge in [-0.2, -0.15) is 0 Å². The van der Waals surface area contributed by atoms with E-state index in [4.69, 9.17) is 14.2 Å². The SMILES string of the molecule is COCOCC(C)C(OC)C(=O)c1ccccc1. The monoisotopic (exact) mass is 252 g/mol. The second-order valence-corrected chi connectivity index (χ2v) is 4.14. The molecule has 2 atom stereocenters. The van der Waals surface area contributed by atoms with Crippen molar-refractivity contribution < 1.29 is 19.0 Å². The molecule has 18 heavy (non-hydrogen) atoms. The minimum Gasteiger partial charge on any atom is -0.373 e. The van der Waals surface area contributed by atoms with E-state index in [-0.39, 0.29) is 18.5 Å². The lowest BCUT2D eigenvalue weighted by Gasteiger charge is -2.21. The van der Waals surface area contributed by atoms with Gasteiger partial charge in [-0.05, 0) is 0 Å². The van der Waals surface area contributed by atoms with Crippen molar-refractivity contribution in [2.24, 2.45) is 5.92 Å². The smallest absolute Gasteiger partial charge is 0.191 e. The van der Waals surface area contributed by atoms with Crippen LogP contribution in [0.2, 0.25) is 0 Å². The Kier molecular flexibility index (Phi) is 6.57. The summed E-state index contributed by atoms with van der Waals surface area (Å²) in [7, 11) is 3.10. The molecule has 0 aliphatic carbocycles. The highest BCUT2D eigenvalue weighted by atomic mass is 16.7. The molecular weight excluding hydrogens is 232 g/mol. The van der Waals surface area contributed by atoms with Crippen LogP contribution in [0.15, 0.2) is 30.3 Å². The van der Waals surface area contributed by atoms with Crippen molar-refractivity contribution in [3.05, 3.63) is 35.9 Å². The third-order valence-corrected chi connectivity index (χ3v) is 2.67. The van der Waals surface area contributed by atoms with Gasteiger partial charge in [0.2, 0.25) is 0 Å². The molecule has 0 radical (unpaired) electrons. The molecule has 0 aliphatic heterocycles. The van der Waals surface area contributed by atoms with Crippen LogP contribution in [-0.4, -0.2) is 39.5 Å². The highest BCUT2D eigenvalue weighted by Crippen LogP contribution is 2.14. The first-order valence-electron chi connectivity index (χ1n) is 5.89. The molecule has 0 fully saturated rings. The van der Waals surface area contributed by atoms with Crippen molar-refractivity contribution in [1.29, 1.82) is 0 Å². The zero-order valence-corrected chi connectivity index (χ0v) is 11.1. The molecule has 1 aromatic carbocycles. The quantitative estimate of drug-likeness (QED) is 0.404. The Morgan fingerprint density at radius 1 is 1.22 bits per heavy atom. The van der Waals surface area contributed by atoms with Crippen LogP contribution in [0.3, 0.4) is 0 Å². The highest BCUT2D eigenvalue weighted by molar-refractivity contribution is 5.99. The van der Waals surface area contributed by atoms with Crippen LogP contribution in [0.25, 0.3) is 0 Å². The van der Waals surface area contributed by atoms with Gasteiger partial charge in [0.25, 0.3) is 0 Å². The fourth-order valence-corrected chi connectivity index (χ4v) is 1.77. The molecule has 1 aromatic rings. The van der Waals surface area contributed by atoms with Gasteiger partial charge >= 0.3 is 0 Å². The summed E-state index contributed by atoms with van der Waals surface area (Å²) in [6, 6.07) is 9.13. The van der Waals surface area contributed by atoms with E-state index in [1.54, 1.807) is 26.4 Å². The summed E-state index contributed by atoms with van der Waals surface area (Å²) in [5.41, 5.74) is 0.656. The predicted octanol–water partition coefficient (Wildman–Crippen LogP) is 2.14. The van der Waals surface area contributed by atoms with Crippen LogP contribution in [0, 0.1) is 5.92 Å². The number of benzene rings is 1. The number of hydrogen-bond acceptors (Lipinski definition) is 4. The molecular formula is C14H20O4. The maximum absolute atomic E-state index is 12.2. The molecule has 100 valence electrons. The summed E-state index contributed by atoms with van der Waals surface area (Å²) >= 11 is 0. The van der Waals surface area contributed by atoms with Gasteiger partial charge in [-0.25, -0.2) is 0 Å². The summed E-state index contributed by atoms with van der Waals surface area (Å²) in [6.07, 6.45) is -0.496. The lowest BCUT2D eigenvalue weighted by molar-refractivity contribution is -0.0581. The maximum Gasteiger partial charge on any atom is 0.191 e. The van der Waals surface area contributed by atoms with Crippen molar-refractivity contribution in [1.82, 2.24) is 0 Å².